The van der Waals surface area contributed by atoms with Crippen molar-refractivity contribution >= 4 is 29.3 Å². The number of nitrogens with one attached hydrogen (secondary N) is 1. The van der Waals surface area contributed by atoms with Gasteiger partial charge in [0.1, 0.15) is 11.7 Å². The van der Waals surface area contributed by atoms with Crippen LogP contribution in [0.1, 0.15) is 18.5 Å². The highest BCUT2D eigenvalue weighted by Crippen LogP contribution is 2.35. The first-order valence-electron chi connectivity index (χ1n) is 6.66. The van der Waals surface area contributed by atoms with Gasteiger partial charge in [0.05, 0.1) is 12.7 Å². The number of carbonyl (C=O) groups excluding carboxylic acids is 2. The number of fused-ring (bicyclic) bond motifs is 1. The van der Waals surface area contributed by atoms with Crippen molar-refractivity contribution < 1.29 is 14.3 Å². The SMILES string of the molecule is COC(=O)C1=C(C(C)=O)[C@@H](c2ccc(Cl)cc2)n2nnnc2N1. The molecule has 0 aliphatic carbocycles. The molecule has 118 valence electrons. The van der Waals surface area contributed by atoms with Gasteiger partial charge in [-0.3, -0.25) is 4.79 Å². The molecule has 9 heteroatoms. The van der Waals surface area contributed by atoms with Crippen LogP contribution in [-0.2, 0) is 14.3 Å². The molecule has 0 radical (unpaired) electrons. The first-order chi connectivity index (χ1) is 11.0. The number of benzene rings is 1. The number of tetrazole rings is 1. The quantitative estimate of drug-likeness (QED) is 0.846. The second-order valence-corrected chi connectivity index (χ2v) is 5.30. The summed E-state index contributed by atoms with van der Waals surface area (Å²) in [5.41, 5.74) is 0.970. The summed E-state index contributed by atoms with van der Waals surface area (Å²) in [5, 5.41) is 14.6. The van der Waals surface area contributed by atoms with E-state index < -0.39 is 12.0 Å². The van der Waals surface area contributed by atoms with E-state index in [1.165, 1.54) is 18.7 Å². The van der Waals surface area contributed by atoms with Crippen molar-refractivity contribution in [3.8, 4) is 0 Å². The number of hydrogen-bond donors (Lipinski definition) is 1. The summed E-state index contributed by atoms with van der Waals surface area (Å²) >= 11 is 5.92. The average Bonchev–Trinajstić information content (AvgIpc) is 3.01. The van der Waals surface area contributed by atoms with Gasteiger partial charge in [0, 0.05) is 5.02 Å². The summed E-state index contributed by atoms with van der Waals surface area (Å²) in [6.45, 7) is 1.37. The van der Waals surface area contributed by atoms with Gasteiger partial charge in [-0.1, -0.05) is 28.8 Å². The zero-order valence-electron chi connectivity index (χ0n) is 12.3. The van der Waals surface area contributed by atoms with Crippen molar-refractivity contribution in [2.45, 2.75) is 13.0 Å². The summed E-state index contributed by atoms with van der Waals surface area (Å²) in [7, 11) is 1.24. The van der Waals surface area contributed by atoms with Crippen LogP contribution < -0.4 is 5.32 Å². The van der Waals surface area contributed by atoms with Gasteiger partial charge in [0.25, 0.3) is 0 Å². The van der Waals surface area contributed by atoms with E-state index in [1.54, 1.807) is 24.3 Å². The van der Waals surface area contributed by atoms with Crippen LogP contribution in [0.4, 0.5) is 5.95 Å². The first-order valence-corrected chi connectivity index (χ1v) is 7.04. The topological polar surface area (TPSA) is 99.0 Å². The summed E-state index contributed by atoms with van der Waals surface area (Å²) < 4.78 is 6.19. The summed E-state index contributed by atoms with van der Waals surface area (Å²) in [6.07, 6.45) is 0. The van der Waals surface area contributed by atoms with Crippen LogP contribution in [0.25, 0.3) is 0 Å². The molecule has 0 spiro atoms. The van der Waals surface area contributed by atoms with Gasteiger partial charge in [-0.2, -0.15) is 4.68 Å². The van der Waals surface area contributed by atoms with Crippen LogP contribution in [0.5, 0.6) is 0 Å². The van der Waals surface area contributed by atoms with E-state index in [4.69, 9.17) is 16.3 Å². The Hall–Kier alpha value is -2.74. The number of rotatable bonds is 3. The number of carbonyl (C=O) groups is 2. The van der Waals surface area contributed by atoms with Crippen molar-refractivity contribution in [3.05, 3.63) is 46.1 Å². The van der Waals surface area contributed by atoms with Gasteiger partial charge < -0.3 is 10.1 Å². The predicted molar refractivity (Wildman–Crippen MR) is 80.8 cm³/mol. The highest BCUT2D eigenvalue weighted by atomic mass is 35.5. The Morgan fingerprint density at radius 1 is 1.30 bits per heavy atom. The monoisotopic (exact) mass is 333 g/mol. The number of hydrogen-bond acceptors (Lipinski definition) is 7. The molecule has 0 amide bonds. The maximum Gasteiger partial charge on any atom is 0.355 e. The van der Waals surface area contributed by atoms with Crippen LogP contribution in [0.3, 0.4) is 0 Å². The lowest BCUT2D eigenvalue weighted by atomic mass is 9.93. The van der Waals surface area contributed by atoms with Crippen LogP contribution in [0.2, 0.25) is 5.02 Å². The van der Waals surface area contributed by atoms with Crippen molar-refractivity contribution in [2.75, 3.05) is 12.4 Å². The third-order valence-electron chi connectivity index (χ3n) is 3.47. The van der Waals surface area contributed by atoms with E-state index in [2.05, 4.69) is 20.8 Å². The largest absolute Gasteiger partial charge is 0.464 e. The summed E-state index contributed by atoms with van der Waals surface area (Å²) in [4.78, 5) is 24.2. The molecule has 0 saturated heterocycles. The molecule has 1 aliphatic rings. The molecule has 0 saturated carbocycles. The predicted octanol–water partition coefficient (Wildman–Crippen LogP) is 1.36. The van der Waals surface area contributed by atoms with Crippen LogP contribution in [0, 0.1) is 0 Å². The van der Waals surface area contributed by atoms with Crippen molar-refractivity contribution in [1.82, 2.24) is 20.2 Å². The smallest absolute Gasteiger partial charge is 0.355 e. The van der Waals surface area contributed by atoms with E-state index in [0.717, 1.165) is 5.56 Å². The Morgan fingerprint density at radius 3 is 2.61 bits per heavy atom. The lowest BCUT2D eigenvalue weighted by Gasteiger charge is -2.27. The zero-order chi connectivity index (χ0) is 16.6. The molecule has 1 aliphatic heterocycles. The second-order valence-electron chi connectivity index (χ2n) is 4.86. The number of anilines is 1. The highest BCUT2D eigenvalue weighted by molar-refractivity contribution is 6.30. The molecule has 1 N–H and O–H groups in total. The van der Waals surface area contributed by atoms with E-state index >= 15 is 0 Å². The lowest BCUT2D eigenvalue weighted by Crippen LogP contribution is -2.32. The number of ether oxygens (including phenoxy) is 1. The standard InChI is InChI=1S/C14H12ClN5O3/c1-7(21)10-11(13(22)23-2)16-14-17-18-19-20(14)12(10)8-3-5-9(15)6-4-8/h3-6,12H,1-2H3,(H,16,17,19)/t12-/m1/s1. The molecular formula is C14H12ClN5O3. The van der Waals surface area contributed by atoms with Gasteiger partial charge in [0.15, 0.2) is 5.78 Å². The molecule has 0 unspecified atom stereocenters. The van der Waals surface area contributed by atoms with Crippen LogP contribution in [-0.4, -0.2) is 39.1 Å². The third kappa shape index (κ3) is 2.57. The molecule has 2 heterocycles. The minimum Gasteiger partial charge on any atom is -0.464 e. The zero-order valence-corrected chi connectivity index (χ0v) is 13.0. The fraction of sp³-hybridized carbons (Fsp3) is 0.214. The molecule has 0 fully saturated rings. The second kappa shape index (κ2) is 5.81. The molecule has 1 atom stereocenters. The van der Waals surface area contributed by atoms with E-state index in [1.807, 2.05) is 0 Å². The molecule has 3 rings (SSSR count). The fourth-order valence-corrected chi connectivity index (χ4v) is 2.60. The van der Waals surface area contributed by atoms with Gasteiger partial charge in [-0.15, -0.1) is 0 Å². The van der Waals surface area contributed by atoms with Gasteiger partial charge >= 0.3 is 5.97 Å². The molecule has 23 heavy (non-hydrogen) atoms. The van der Waals surface area contributed by atoms with Gasteiger partial charge in [-0.05, 0) is 35.0 Å². The maximum absolute atomic E-state index is 12.2. The normalized spacial score (nSPS) is 16.6. The van der Waals surface area contributed by atoms with E-state index in [9.17, 15) is 9.59 Å². The highest BCUT2D eigenvalue weighted by Gasteiger charge is 2.36. The molecular weight excluding hydrogens is 322 g/mol. The minimum atomic E-state index is -0.664. The summed E-state index contributed by atoms with van der Waals surface area (Å²) in [6, 6.07) is 6.24. The Kier molecular flexibility index (Phi) is 3.83. The van der Waals surface area contributed by atoms with Crippen LogP contribution in [0.15, 0.2) is 35.5 Å². The average molecular weight is 334 g/mol. The summed E-state index contributed by atoms with van der Waals surface area (Å²) in [5.74, 6) is -0.710. The number of Topliss-reactive ketones (excluding diaryl/α,β-unsaturated/α-hetero) is 1. The molecule has 2 aromatic rings. The van der Waals surface area contributed by atoms with Gasteiger partial charge in [0.2, 0.25) is 5.95 Å². The first kappa shape index (κ1) is 15.2. The number of nitrogens with zero attached hydrogens (tertiary/aromatic N) is 4. The van der Waals surface area contributed by atoms with Crippen molar-refractivity contribution in [1.29, 1.82) is 0 Å². The Labute approximate surface area is 136 Å². The van der Waals surface area contributed by atoms with E-state index in [-0.39, 0.29) is 23.0 Å². The Morgan fingerprint density at radius 2 is 2.00 bits per heavy atom. The van der Waals surface area contributed by atoms with Crippen molar-refractivity contribution in [2.24, 2.45) is 0 Å². The number of esters is 1. The number of methoxy groups -OCH3 is 1. The lowest BCUT2D eigenvalue weighted by molar-refractivity contribution is -0.136. The van der Waals surface area contributed by atoms with Crippen molar-refractivity contribution in [3.63, 3.8) is 0 Å². The number of halogens is 1. The minimum absolute atomic E-state index is 0.0299. The van der Waals surface area contributed by atoms with Gasteiger partial charge in [-0.25, -0.2) is 4.79 Å². The Balaban J connectivity index is 2.23. The fourth-order valence-electron chi connectivity index (χ4n) is 2.47. The number of allylic oxidation sites excluding steroid dienone is 1. The third-order valence-corrected chi connectivity index (χ3v) is 3.72. The van der Waals surface area contributed by atoms with E-state index in [0.29, 0.717) is 5.02 Å². The Bertz CT molecular complexity index is 812. The number of ketones is 1. The molecule has 0 bridgehead atoms. The molecule has 8 nitrogen and oxygen atoms in total. The molecule has 1 aromatic carbocycles. The van der Waals surface area contributed by atoms with Crippen LogP contribution >= 0.6 is 11.6 Å². The maximum atomic E-state index is 12.2. The molecule has 1 aromatic heterocycles. The number of aromatic nitrogens is 4.